The van der Waals surface area contributed by atoms with Crippen molar-refractivity contribution in [1.29, 1.82) is 0 Å². The Hall–Kier alpha value is -2.31. The van der Waals surface area contributed by atoms with E-state index >= 15 is 0 Å². The number of nitrogens with zero attached hydrogens (tertiary/aromatic N) is 5. The Kier molecular flexibility index (Phi) is 5.17. The average molecular weight is 330 g/mol. The molecule has 24 heavy (non-hydrogen) atoms. The predicted molar refractivity (Wildman–Crippen MR) is 92.7 cm³/mol. The minimum Gasteiger partial charge on any atom is -0.467 e. The summed E-state index contributed by atoms with van der Waals surface area (Å²) < 4.78 is 7.65. The Labute approximate surface area is 142 Å². The molecule has 2 aromatic heterocycles. The fourth-order valence-electron chi connectivity index (χ4n) is 3.08. The van der Waals surface area contributed by atoms with E-state index in [0.29, 0.717) is 12.5 Å². The summed E-state index contributed by atoms with van der Waals surface area (Å²) in [5, 5.41) is 11.8. The summed E-state index contributed by atoms with van der Waals surface area (Å²) >= 11 is 0. The molecule has 0 amide bonds. The molecular weight excluding hydrogens is 304 g/mol. The molecule has 3 heterocycles. The highest BCUT2D eigenvalue weighted by Gasteiger charge is 2.21. The molecule has 0 spiro atoms. The molecule has 1 N–H and O–H groups in total. The number of guanidine groups is 1. The second kappa shape index (κ2) is 7.51. The molecule has 0 fully saturated rings. The van der Waals surface area contributed by atoms with Crippen LogP contribution in [0.15, 0.2) is 27.8 Å². The molecular formula is C17H26N6O. The smallest absolute Gasteiger partial charge is 0.194 e. The third kappa shape index (κ3) is 3.77. The van der Waals surface area contributed by atoms with E-state index in [1.807, 2.05) is 26.1 Å². The molecule has 1 aliphatic heterocycles. The van der Waals surface area contributed by atoms with Crippen LogP contribution >= 0.6 is 0 Å². The number of fused-ring (bicyclic) bond motifs is 1. The number of aliphatic imine (C=N–C) groups is 1. The van der Waals surface area contributed by atoms with Crippen molar-refractivity contribution in [3.63, 3.8) is 0 Å². The Morgan fingerprint density at radius 3 is 3.12 bits per heavy atom. The lowest BCUT2D eigenvalue weighted by Crippen LogP contribution is -2.39. The molecule has 2 aromatic rings. The monoisotopic (exact) mass is 330 g/mol. The highest BCUT2D eigenvalue weighted by Crippen LogP contribution is 2.20. The molecule has 0 saturated carbocycles. The molecule has 0 aromatic carbocycles. The van der Waals surface area contributed by atoms with E-state index in [2.05, 4.69) is 31.9 Å². The zero-order valence-electron chi connectivity index (χ0n) is 14.7. The fraction of sp³-hybridized carbons (Fsp3) is 0.588. The van der Waals surface area contributed by atoms with Crippen LogP contribution in [0.3, 0.4) is 0 Å². The number of hydrogen-bond donors (Lipinski definition) is 1. The topological polar surface area (TPSA) is 71.5 Å². The van der Waals surface area contributed by atoms with E-state index in [4.69, 9.17) is 9.41 Å². The van der Waals surface area contributed by atoms with E-state index in [0.717, 1.165) is 55.8 Å². The van der Waals surface area contributed by atoms with Gasteiger partial charge in [0.05, 0.1) is 12.8 Å². The molecule has 1 unspecified atom stereocenters. The molecule has 130 valence electrons. The van der Waals surface area contributed by atoms with E-state index < -0.39 is 0 Å². The lowest BCUT2D eigenvalue weighted by molar-refractivity contribution is 0.363. The average Bonchev–Trinajstić information content (AvgIpc) is 3.21. The number of rotatable bonds is 5. The van der Waals surface area contributed by atoms with Gasteiger partial charge in [0.25, 0.3) is 0 Å². The normalized spacial score (nSPS) is 17.6. The third-order valence-electron chi connectivity index (χ3n) is 4.40. The van der Waals surface area contributed by atoms with Crippen LogP contribution in [0, 0.1) is 12.8 Å². The van der Waals surface area contributed by atoms with Crippen molar-refractivity contribution >= 4 is 5.96 Å². The predicted octanol–water partition coefficient (Wildman–Crippen LogP) is 1.84. The minimum absolute atomic E-state index is 0.526. The summed E-state index contributed by atoms with van der Waals surface area (Å²) in [4.78, 5) is 6.94. The number of hydrogen-bond acceptors (Lipinski definition) is 4. The summed E-state index contributed by atoms with van der Waals surface area (Å²) in [5.41, 5.74) is 0. The molecule has 0 radical (unpaired) electrons. The van der Waals surface area contributed by atoms with E-state index in [9.17, 15) is 0 Å². The van der Waals surface area contributed by atoms with Crippen molar-refractivity contribution < 1.29 is 4.42 Å². The fourth-order valence-corrected chi connectivity index (χ4v) is 3.08. The summed E-state index contributed by atoms with van der Waals surface area (Å²) in [5.74, 6) is 4.48. The third-order valence-corrected chi connectivity index (χ3v) is 4.40. The van der Waals surface area contributed by atoms with Crippen LogP contribution in [-0.2, 0) is 19.5 Å². The molecule has 0 bridgehead atoms. The Balaban J connectivity index is 1.62. The molecule has 7 heteroatoms. The van der Waals surface area contributed by atoms with Gasteiger partial charge in [-0.05, 0) is 38.3 Å². The van der Waals surface area contributed by atoms with Gasteiger partial charge in [-0.3, -0.25) is 4.99 Å². The largest absolute Gasteiger partial charge is 0.467 e. The highest BCUT2D eigenvalue weighted by molar-refractivity contribution is 5.79. The van der Waals surface area contributed by atoms with Crippen molar-refractivity contribution in [2.75, 3.05) is 20.1 Å². The first-order chi connectivity index (χ1) is 11.7. The molecule has 0 aliphatic carbocycles. The zero-order valence-corrected chi connectivity index (χ0v) is 14.7. The van der Waals surface area contributed by atoms with E-state index in [1.54, 1.807) is 6.26 Å². The second-order valence-corrected chi connectivity index (χ2v) is 6.31. The van der Waals surface area contributed by atoms with Crippen molar-refractivity contribution in [2.24, 2.45) is 10.9 Å². The van der Waals surface area contributed by atoms with Crippen molar-refractivity contribution in [3.8, 4) is 0 Å². The van der Waals surface area contributed by atoms with Crippen LogP contribution in [0.2, 0.25) is 0 Å². The molecule has 1 aliphatic rings. The summed E-state index contributed by atoms with van der Waals surface area (Å²) in [6.07, 6.45) is 3.80. The maximum absolute atomic E-state index is 5.43. The number of aromatic nitrogens is 3. The lowest BCUT2D eigenvalue weighted by atomic mass is 9.99. The van der Waals surface area contributed by atoms with Gasteiger partial charge in [0.2, 0.25) is 0 Å². The van der Waals surface area contributed by atoms with Gasteiger partial charge in [0, 0.05) is 33.1 Å². The van der Waals surface area contributed by atoms with Crippen molar-refractivity contribution in [1.82, 2.24) is 25.0 Å². The van der Waals surface area contributed by atoms with Gasteiger partial charge >= 0.3 is 0 Å². The maximum atomic E-state index is 5.43. The second-order valence-electron chi connectivity index (χ2n) is 6.31. The van der Waals surface area contributed by atoms with Gasteiger partial charge in [-0.25, -0.2) is 0 Å². The first-order valence-electron chi connectivity index (χ1n) is 8.58. The highest BCUT2D eigenvalue weighted by atomic mass is 16.3. The van der Waals surface area contributed by atoms with Gasteiger partial charge < -0.3 is 19.2 Å². The molecule has 1 atom stereocenters. The van der Waals surface area contributed by atoms with Crippen molar-refractivity contribution in [2.45, 2.75) is 39.8 Å². The molecule has 7 nitrogen and oxygen atoms in total. The van der Waals surface area contributed by atoms with Crippen LogP contribution < -0.4 is 5.32 Å². The quantitative estimate of drug-likeness (QED) is 0.669. The summed E-state index contributed by atoms with van der Waals surface area (Å²) in [7, 11) is 2.03. The Bertz CT molecular complexity index is 675. The van der Waals surface area contributed by atoms with Gasteiger partial charge in [0.1, 0.15) is 17.4 Å². The minimum atomic E-state index is 0.526. The lowest BCUT2D eigenvalue weighted by Gasteiger charge is -2.25. The Morgan fingerprint density at radius 1 is 1.50 bits per heavy atom. The standard InChI is InChI=1S/C17H26N6O/c1-4-18-17(22(3)12-15-6-5-9-24-15)19-10-14-7-8-16-21-20-13(2)23(16)11-14/h5-6,9,14H,4,7-8,10-12H2,1-3H3,(H,18,19). The summed E-state index contributed by atoms with van der Waals surface area (Å²) in [6.45, 7) is 7.42. The van der Waals surface area contributed by atoms with Crippen LogP contribution in [-0.4, -0.2) is 45.8 Å². The van der Waals surface area contributed by atoms with Gasteiger partial charge in [-0.15, -0.1) is 10.2 Å². The van der Waals surface area contributed by atoms with Crippen LogP contribution in [0.5, 0.6) is 0 Å². The number of aryl methyl sites for hydroxylation is 2. The molecule has 0 saturated heterocycles. The van der Waals surface area contributed by atoms with Gasteiger partial charge in [-0.2, -0.15) is 0 Å². The first-order valence-corrected chi connectivity index (χ1v) is 8.58. The number of nitrogens with one attached hydrogen (secondary N) is 1. The van der Waals surface area contributed by atoms with Crippen LogP contribution in [0.25, 0.3) is 0 Å². The van der Waals surface area contributed by atoms with Crippen LogP contribution in [0.4, 0.5) is 0 Å². The van der Waals surface area contributed by atoms with Crippen LogP contribution in [0.1, 0.15) is 30.8 Å². The summed E-state index contributed by atoms with van der Waals surface area (Å²) in [6, 6.07) is 3.89. The van der Waals surface area contributed by atoms with Gasteiger partial charge in [0.15, 0.2) is 5.96 Å². The SMILES string of the molecule is CCNC(=NCC1CCc2nnc(C)n2C1)N(C)Cc1ccco1. The first kappa shape index (κ1) is 16.5. The van der Waals surface area contributed by atoms with E-state index in [1.165, 1.54) is 0 Å². The van der Waals surface area contributed by atoms with Crippen molar-refractivity contribution in [3.05, 3.63) is 35.8 Å². The Morgan fingerprint density at radius 2 is 2.38 bits per heavy atom. The van der Waals surface area contributed by atoms with E-state index in [-0.39, 0.29) is 0 Å². The molecule has 3 rings (SSSR count). The maximum Gasteiger partial charge on any atom is 0.194 e. The number of furan rings is 1. The zero-order chi connectivity index (χ0) is 16.9. The van der Waals surface area contributed by atoms with Gasteiger partial charge in [-0.1, -0.05) is 0 Å².